The first-order valence-corrected chi connectivity index (χ1v) is 7.56. The molecule has 2 rings (SSSR count). The van der Waals surface area contributed by atoms with Gasteiger partial charge in [-0.15, -0.1) is 0 Å². The molecule has 1 atom stereocenters. The van der Waals surface area contributed by atoms with Crippen molar-refractivity contribution in [3.63, 3.8) is 0 Å². The molecule has 0 aliphatic carbocycles. The Kier molecular flexibility index (Phi) is 5.27. The van der Waals surface area contributed by atoms with Gasteiger partial charge in [0, 0.05) is 28.0 Å². The van der Waals surface area contributed by atoms with E-state index in [0.29, 0.717) is 20.9 Å². The summed E-state index contributed by atoms with van der Waals surface area (Å²) in [7, 11) is 0. The average molecular weight is 344 g/mol. The van der Waals surface area contributed by atoms with Gasteiger partial charge in [0.1, 0.15) is 0 Å². The van der Waals surface area contributed by atoms with Gasteiger partial charge in [-0.1, -0.05) is 35.0 Å². The fraction of sp³-hybridized carbons (Fsp3) is 0.154. The molecule has 0 fully saturated rings. The van der Waals surface area contributed by atoms with Gasteiger partial charge in [0.2, 0.25) is 5.91 Å². The maximum absolute atomic E-state index is 12.1. The number of nitrogens with zero attached hydrogens (tertiary/aromatic N) is 1. The van der Waals surface area contributed by atoms with E-state index >= 15 is 0 Å². The molecule has 0 aliphatic heterocycles. The van der Waals surface area contributed by atoms with Crippen molar-refractivity contribution < 1.29 is 4.79 Å². The van der Waals surface area contributed by atoms with E-state index in [-0.39, 0.29) is 11.5 Å². The third-order valence-corrected chi connectivity index (χ3v) is 3.87. The molecule has 1 amide bonds. The van der Waals surface area contributed by atoms with Crippen molar-refractivity contribution in [3.8, 4) is 0 Å². The Labute approximate surface area is 135 Å². The number of hydrogen-bond donors (Lipinski definition) is 2. The molecule has 2 N–H and O–H groups in total. The van der Waals surface area contributed by atoms with Gasteiger partial charge in [-0.25, -0.2) is 4.98 Å². The van der Waals surface area contributed by atoms with E-state index in [1.54, 1.807) is 25.1 Å². The minimum Gasteiger partial charge on any atom is -0.325 e. The molecule has 1 aromatic heterocycles. The Morgan fingerprint density at radius 2 is 2.00 bits per heavy atom. The Balaban J connectivity index is 2.04. The monoisotopic (exact) mass is 343 g/mol. The molecule has 5 nitrogen and oxygen atoms in total. The quantitative estimate of drug-likeness (QED) is 0.660. The number of amides is 1. The smallest absolute Gasteiger partial charge is 0.251 e. The molecule has 1 heterocycles. The first-order valence-electron chi connectivity index (χ1n) is 5.93. The third-order valence-electron chi connectivity index (χ3n) is 2.44. The molecule has 0 radical (unpaired) electrons. The summed E-state index contributed by atoms with van der Waals surface area (Å²) < 4.78 is 0. The van der Waals surface area contributed by atoms with Gasteiger partial charge >= 0.3 is 0 Å². The molecule has 1 aromatic carbocycles. The Bertz CT molecular complexity index is 700. The van der Waals surface area contributed by atoms with Crippen molar-refractivity contribution in [2.45, 2.75) is 17.3 Å². The van der Waals surface area contributed by atoms with Crippen LogP contribution in [0.15, 0.2) is 40.4 Å². The molecular weight excluding hydrogens is 333 g/mol. The van der Waals surface area contributed by atoms with Crippen molar-refractivity contribution in [2.24, 2.45) is 0 Å². The van der Waals surface area contributed by atoms with E-state index in [9.17, 15) is 9.59 Å². The van der Waals surface area contributed by atoms with Crippen LogP contribution in [0.4, 0.5) is 5.69 Å². The van der Waals surface area contributed by atoms with E-state index in [4.69, 9.17) is 23.2 Å². The highest BCUT2D eigenvalue weighted by atomic mass is 35.5. The van der Waals surface area contributed by atoms with Gasteiger partial charge in [-0.05, 0) is 25.1 Å². The zero-order valence-electron chi connectivity index (χ0n) is 10.9. The van der Waals surface area contributed by atoms with Crippen molar-refractivity contribution in [1.82, 2.24) is 9.97 Å². The largest absolute Gasteiger partial charge is 0.325 e. The maximum atomic E-state index is 12.1. The molecular formula is C13H11Cl2N3O2S. The molecule has 0 bridgehead atoms. The van der Waals surface area contributed by atoms with E-state index in [1.165, 1.54) is 12.3 Å². The minimum absolute atomic E-state index is 0.246. The number of H-pyrrole nitrogens is 1. The Morgan fingerprint density at radius 3 is 2.62 bits per heavy atom. The van der Waals surface area contributed by atoms with Crippen LogP contribution in [0.3, 0.4) is 0 Å². The molecule has 0 saturated heterocycles. The number of rotatable bonds is 4. The Morgan fingerprint density at radius 1 is 1.33 bits per heavy atom. The first-order chi connectivity index (χ1) is 9.94. The molecule has 8 heteroatoms. The average Bonchev–Trinajstić information content (AvgIpc) is 2.37. The highest BCUT2D eigenvalue weighted by Crippen LogP contribution is 2.24. The van der Waals surface area contributed by atoms with Crippen LogP contribution in [0.5, 0.6) is 0 Å². The summed E-state index contributed by atoms with van der Waals surface area (Å²) in [6.45, 7) is 1.71. The summed E-state index contributed by atoms with van der Waals surface area (Å²) in [6.07, 6.45) is 1.39. The second-order valence-corrected chi connectivity index (χ2v) is 6.35. The second kappa shape index (κ2) is 6.98. The second-order valence-electron chi connectivity index (χ2n) is 4.15. The molecule has 0 saturated carbocycles. The fourth-order valence-corrected chi connectivity index (χ4v) is 2.81. The number of hydrogen-bond acceptors (Lipinski definition) is 4. The van der Waals surface area contributed by atoms with Crippen LogP contribution in [-0.4, -0.2) is 21.1 Å². The Hall–Kier alpha value is -1.50. The van der Waals surface area contributed by atoms with Crippen LogP contribution >= 0.6 is 35.0 Å². The number of anilines is 1. The summed E-state index contributed by atoms with van der Waals surface area (Å²) in [5.74, 6) is -0.246. The topological polar surface area (TPSA) is 74.8 Å². The van der Waals surface area contributed by atoms with E-state index < -0.39 is 5.25 Å². The van der Waals surface area contributed by atoms with Crippen LogP contribution in [0.1, 0.15) is 6.92 Å². The SMILES string of the molecule is CC(Sc1nccc(=O)[nH]1)C(=O)Nc1cc(Cl)cc(Cl)c1. The van der Waals surface area contributed by atoms with Crippen molar-refractivity contribution in [3.05, 3.63) is 50.9 Å². The van der Waals surface area contributed by atoms with Gasteiger partial charge < -0.3 is 10.3 Å². The van der Waals surface area contributed by atoms with Crippen molar-refractivity contribution >= 4 is 46.6 Å². The molecule has 0 spiro atoms. The number of thioether (sulfide) groups is 1. The first kappa shape index (κ1) is 15.9. The zero-order valence-corrected chi connectivity index (χ0v) is 13.2. The lowest BCUT2D eigenvalue weighted by Crippen LogP contribution is -2.23. The van der Waals surface area contributed by atoms with Gasteiger partial charge in [-0.3, -0.25) is 9.59 Å². The maximum Gasteiger partial charge on any atom is 0.251 e. The number of aromatic nitrogens is 2. The predicted molar refractivity (Wildman–Crippen MR) is 85.3 cm³/mol. The lowest BCUT2D eigenvalue weighted by atomic mass is 10.3. The van der Waals surface area contributed by atoms with Crippen LogP contribution < -0.4 is 10.9 Å². The van der Waals surface area contributed by atoms with E-state index in [0.717, 1.165) is 11.8 Å². The summed E-state index contributed by atoms with van der Waals surface area (Å²) in [6, 6.07) is 6.09. The molecule has 0 aliphatic rings. The number of carbonyl (C=O) groups is 1. The summed E-state index contributed by atoms with van der Waals surface area (Å²) >= 11 is 12.9. The number of benzene rings is 1. The third kappa shape index (κ3) is 4.77. The van der Waals surface area contributed by atoms with Crippen molar-refractivity contribution in [1.29, 1.82) is 0 Å². The number of aromatic amines is 1. The summed E-state index contributed by atoms with van der Waals surface area (Å²) in [5, 5.41) is 3.52. The van der Waals surface area contributed by atoms with Gasteiger partial charge in [0.05, 0.1) is 5.25 Å². The molecule has 21 heavy (non-hydrogen) atoms. The predicted octanol–water partition coefficient (Wildman–Crippen LogP) is 3.20. The highest BCUT2D eigenvalue weighted by Gasteiger charge is 2.16. The highest BCUT2D eigenvalue weighted by molar-refractivity contribution is 8.00. The number of nitrogens with one attached hydrogen (secondary N) is 2. The fourth-order valence-electron chi connectivity index (χ4n) is 1.50. The van der Waals surface area contributed by atoms with Crippen LogP contribution in [0.25, 0.3) is 0 Å². The number of carbonyl (C=O) groups excluding carboxylic acids is 1. The summed E-state index contributed by atoms with van der Waals surface area (Å²) in [5.41, 5.74) is 0.251. The standard InChI is InChI=1S/C13H11Cl2N3O2S/c1-7(21-13-16-3-2-11(19)18-13)12(20)17-10-5-8(14)4-9(15)6-10/h2-7H,1H3,(H,17,20)(H,16,18,19). The van der Waals surface area contributed by atoms with E-state index in [1.807, 2.05) is 0 Å². The zero-order chi connectivity index (χ0) is 15.4. The minimum atomic E-state index is -0.451. The van der Waals surface area contributed by atoms with Gasteiger partial charge in [0.25, 0.3) is 5.56 Å². The molecule has 1 unspecified atom stereocenters. The number of halogens is 2. The van der Waals surface area contributed by atoms with Gasteiger partial charge in [0.15, 0.2) is 5.16 Å². The lowest BCUT2D eigenvalue weighted by molar-refractivity contribution is -0.115. The molecule has 2 aromatic rings. The normalized spacial score (nSPS) is 12.0. The van der Waals surface area contributed by atoms with E-state index in [2.05, 4.69) is 15.3 Å². The van der Waals surface area contributed by atoms with Gasteiger partial charge in [-0.2, -0.15) is 0 Å². The van der Waals surface area contributed by atoms with Crippen LogP contribution in [-0.2, 0) is 4.79 Å². The lowest BCUT2D eigenvalue weighted by Gasteiger charge is -2.11. The van der Waals surface area contributed by atoms with Crippen LogP contribution in [0, 0.1) is 0 Å². The van der Waals surface area contributed by atoms with Crippen LogP contribution in [0.2, 0.25) is 10.0 Å². The summed E-state index contributed by atoms with van der Waals surface area (Å²) in [4.78, 5) is 29.8. The molecule has 110 valence electrons. The van der Waals surface area contributed by atoms with Crippen molar-refractivity contribution in [2.75, 3.05) is 5.32 Å².